The molecule has 9 heteroatoms. The van der Waals surface area contributed by atoms with Crippen LogP contribution < -0.4 is 5.32 Å². The first-order valence-electron chi connectivity index (χ1n) is 10.4. The molecule has 2 aromatic rings. The van der Waals surface area contributed by atoms with Gasteiger partial charge in [-0.15, -0.1) is 0 Å². The highest BCUT2D eigenvalue weighted by Gasteiger charge is 2.28. The first-order chi connectivity index (χ1) is 15.1. The number of nitrogens with one attached hydrogen (secondary N) is 1. The van der Waals surface area contributed by atoms with Crippen molar-refractivity contribution in [3.05, 3.63) is 75.0 Å². The zero-order valence-electron chi connectivity index (χ0n) is 18.6. The molecular weight excluding hydrogens is 492 g/mol. The number of halogens is 2. The van der Waals surface area contributed by atoms with E-state index in [1.807, 2.05) is 13.1 Å². The first-order valence-corrected chi connectivity index (χ1v) is 11.6. The monoisotopic (exact) mass is 516 g/mol. The largest absolute Gasteiger partial charge is 0.319 e. The van der Waals surface area contributed by atoms with Crippen molar-refractivity contribution in [1.82, 2.24) is 30.1 Å². The van der Waals surface area contributed by atoms with E-state index in [1.165, 1.54) is 4.68 Å². The highest BCUT2D eigenvalue weighted by molar-refractivity contribution is 9.10. The second kappa shape index (κ2) is 8.84. The summed E-state index contributed by atoms with van der Waals surface area (Å²) in [7, 11) is 0. The van der Waals surface area contributed by atoms with E-state index in [4.69, 9.17) is 11.6 Å². The molecule has 2 aliphatic heterocycles. The molecule has 0 saturated carbocycles. The molecule has 4 rings (SSSR count). The van der Waals surface area contributed by atoms with Gasteiger partial charge in [-0.2, -0.15) is 5.10 Å². The fraction of sp³-hybridized carbons (Fsp3) is 0.348. The Kier molecular flexibility index (Phi) is 6.29. The lowest BCUT2D eigenvalue weighted by Crippen LogP contribution is -2.38. The van der Waals surface area contributed by atoms with Crippen LogP contribution in [-0.2, 0) is 0 Å². The molecule has 0 unspecified atom stereocenters. The van der Waals surface area contributed by atoms with E-state index in [2.05, 4.69) is 74.3 Å². The Labute approximate surface area is 201 Å². The van der Waals surface area contributed by atoms with Crippen molar-refractivity contribution in [1.29, 1.82) is 0 Å². The van der Waals surface area contributed by atoms with Crippen molar-refractivity contribution in [2.45, 2.75) is 34.1 Å². The predicted octanol–water partition coefficient (Wildman–Crippen LogP) is 5.07. The number of pyridine rings is 1. The van der Waals surface area contributed by atoms with Crippen LogP contribution in [0.5, 0.6) is 0 Å². The van der Waals surface area contributed by atoms with Gasteiger partial charge in [0, 0.05) is 31.6 Å². The summed E-state index contributed by atoms with van der Waals surface area (Å²) in [5.41, 5.74) is 3.44. The fourth-order valence-corrected chi connectivity index (χ4v) is 4.11. The van der Waals surface area contributed by atoms with Crippen LogP contribution in [0.2, 0.25) is 5.02 Å². The summed E-state index contributed by atoms with van der Waals surface area (Å²) in [5, 5.41) is 12.2. The molecule has 0 atom stereocenters. The molecule has 0 saturated heterocycles. The standard InChI is InChI=1S/C23H26BrClN6O/c1-15-12-16-7-10-29(11-8-23(2,3)4)30(16)14-18(15)27-22(32)19-13-20(24)28-31(19)21-17(25)6-5-9-26-21/h5-7,9,12-14H,8,10-11H2,1-4H3,(H,27,32). The Balaban J connectivity index is 1.57. The molecule has 1 N–H and O–H groups in total. The minimum absolute atomic E-state index is 0.254. The molecule has 168 valence electrons. The number of aromatic nitrogens is 3. The lowest BCUT2D eigenvalue weighted by molar-refractivity contribution is 0.0767. The van der Waals surface area contributed by atoms with Crippen LogP contribution in [0.15, 0.2) is 64.3 Å². The molecular formula is C23H26BrClN6O. The Morgan fingerprint density at radius 1 is 1.34 bits per heavy atom. The minimum Gasteiger partial charge on any atom is -0.319 e. The van der Waals surface area contributed by atoms with Gasteiger partial charge in [0.25, 0.3) is 5.91 Å². The van der Waals surface area contributed by atoms with Gasteiger partial charge >= 0.3 is 0 Å². The third kappa shape index (κ3) is 4.82. The van der Waals surface area contributed by atoms with E-state index in [0.29, 0.717) is 21.1 Å². The number of hydrazine groups is 1. The Bertz CT molecular complexity index is 1140. The average molecular weight is 518 g/mol. The third-order valence-electron chi connectivity index (χ3n) is 5.34. The number of carbonyl (C=O) groups is 1. The quantitative estimate of drug-likeness (QED) is 0.600. The van der Waals surface area contributed by atoms with Crippen molar-refractivity contribution in [3.63, 3.8) is 0 Å². The number of hydrogen-bond donors (Lipinski definition) is 1. The lowest BCUT2D eigenvalue weighted by Gasteiger charge is -2.34. The molecule has 7 nitrogen and oxygen atoms in total. The summed E-state index contributed by atoms with van der Waals surface area (Å²) >= 11 is 9.65. The second-order valence-corrected chi connectivity index (χ2v) is 10.3. The van der Waals surface area contributed by atoms with E-state index in [1.54, 1.807) is 24.4 Å². The Hall–Kier alpha value is -2.42. The molecule has 0 aromatic carbocycles. The van der Waals surface area contributed by atoms with Crippen molar-refractivity contribution in [2.24, 2.45) is 5.41 Å². The topological polar surface area (TPSA) is 66.3 Å². The molecule has 0 bridgehead atoms. The van der Waals surface area contributed by atoms with E-state index in [9.17, 15) is 4.79 Å². The van der Waals surface area contributed by atoms with Crippen LogP contribution in [0.25, 0.3) is 5.82 Å². The van der Waals surface area contributed by atoms with Gasteiger partial charge in [-0.25, -0.2) is 14.7 Å². The molecule has 0 aliphatic carbocycles. The number of carbonyl (C=O) groups excluding carboxylic acids is 1. The van der Waals surface area contributed by atoms with Gasteiger partial charge in [-0.3, -0.25) is 9.80 Å². The number of hydrogen-bond acceptors (Lipinski definition) is 5. The van der Waals surface area contributed by atoms with Crippen LogP contribution in [-0.4, -0.2) is 43.8 Å². The van der Waals surface area contributed by atoms with Crippen LogP contribution in [0.4, 0.5) is 0 Å². The smallest absolute Gasteiger partial charge is 0.274 e. The first kappa shape index (κ1) is 22.8. The van der Waals surface area contributed by atoms with Gasteiger partial charge in [0.1, 0.15) is 10.3 Å². The summed E-state index contributed by atoms with van der Waals surface area (Å²) in [6, 6.07) is 5.10. The third-order valence-corrected chi connectivity index (χ3v) is 6.02. The number of rotatable bonds is 5. The zero-order chi connectivity index (χ0) is 23.0. The fourth-order valence-electron chi connectivity index (χ4n) is 3.54. The van der Waals surface area contributed by atoms with E-state index in [0.717, 1.165) is 36.5 Å². The number of nitrogens with zero attached hydrogens (tertiary/aromatic N) is 5. The van der Waals surface area contributed by atoms with Crippen LogP contribution in [0.3, 0.4) is 0 Å². The maximum Gasteiger partial charge on any atom is 0.274 e. The summed E-state index contributed by atoms with van der Waals surface area (Å²) in [4.78, 5) is 17.5. The van der Waals surface area contributed by atoms with E-state index in [-0.39, 0.29) is 11.3 Å². The predicted molar refractivity (Wildman–Crippen MR) is 129 cm³/mol. The van der Waals surface area contributed by atoms with Gasteiger partial charge in [-0.1, -0.05) is 32.4 Å². The molecule has 2 aliphatic rings. The summed E-state index contributed by atoms with van der Waals surface area (Å²) in [6.45, 7) is 10.5. The highest BCUT2D eigenvalue weighted by atomic mass is 79.9. The van der Waals surface area contributed by atoms with E-state index < -0.39 is 0 Å². The molecule has 1 amide bonds. The lowest BCUT2D eigenvalue weighted by atomic mass is 9.92. The Morgan fingerprint density at radius 2 is 2.12 bits per heavy atom. The maximum atomic E-state index is 13.2. The maximum absolute atomic E-state index is 13.2. The Morgan fingerprint density at radius 3 is 2.84 bits per heavy atom. The molecule has 32 heavy (non-hydrogen) atoms. The average Bonchev–Trinajstić information content (AvgIpc) is 3.29. The second-order valence-electron chi connectivity index (χ2n) is 9.09. The zero-order valence-corrected chi connectivity index (χ0v) is 20.9. The van der Waals surface area contributed by atoms with Crippen LogP contribution in [0, 0.1) is 5.41 Å². The molecule has 4 heterocycles. The normalized spacial score (nSPS) is 16.4. The molecule has 2 aromatic heterocycles. The van der Waals surface area contributed by atoms with Crippen molar-refractivity contribution >= 4 is 33.4 Å². The van der Waals surface area contributed by atoms with Gasteiger partial charge in [0.05, 0.1) is 16.4 Å². The number of allylic oxidation sites excluding steroid dienone is 2. The van der Waals surface area contributed by atoms with Crippen molar-refractivity contribution in [3.8, 4) is 5.82 Å². The molecule has 0 fully saturated rings. The summed E-state index contributed by atoms with van der Waals surface area (Å²) in [6.07, 6.45) is 8.97. The van der Waals surface area contributed by atoms with Crippen molar-refractivity contribution < 1.29 is 4.79 Å². The molecule has 0 spiro atoms. The minimum atomic E-state index is -0.295. The van der Waals surface area contributed by atoms with Gasteiger partial charge in [0.15, 0.2) is 5.82 Å². The van der Waals surface area contributed by atoms with Gasteiger partial charge in [0.2, 0.25) is 0 Å². The number of amides is 1. The van der Waals surface area contributed by atoms with Gasteiger partial charge in [-0.05, 0) is 64.5 Å². The van der Waals surface area contributed by atoms with Crippen LogP contribution >= 0.6 is 27.5 Å². The number of fused-ring (bicyclic) bond motifs is 1. The van der Waals surface area contributed by atoms with E-state index >= 15 is 0 Å². The highest BCUT2D eigenvalue weighted by Crippen LogP contribution is 2.29. The SMILES string of the molecule is CC1=CC2=CCN(CCC(C)(C)C)N2C=C1NC(=O)c1cc(Br)nn1-c1ncccc1Cl. The van der Waals surface area contributed by atoms with Crippen molar-refractivity contribution in [2.75, 3.05) is 13.1 Å². The van der Waals surface area contributed by atoms with Gasteiger partial charge < -0.3 is 5.32 Å². The summed E-state index contributed by atoms with van der Waals surface area (Å²) < 4.78 is 1.97. The van der Waals surface area contributed by atoms with Crippen LogP contribution in [0.1, 0.15) is 44.6 Å². The summed E-state index contributed by atoms with van der Waals surface area (Å²) in [5.74, 6) is 0.102. The molecule has 0 radical (unpaired) electrons.